The van der Waals surface area contributed by atoms with Crippen molar-refractivity contribution in [3.05, 3.63) is 94.4 Å². The monoisotopic (exact) mass is 541 g/mol. The number of piperazine rings is 1. The van der Waals surface area contributed by atoms with Crippen LogP contribution in [-0.4, -0.2) is 41.5 Å². The van der Waals surface area contributed by atoms with Gasteiger partial charge in [-0.05, 0) is 60.5 Å². The Morgan fingerprint density at radius 1 is 0.947 bits per heavy atom. The van der Waals surface area contributed by atoms with Gasteiger partial charge in [0.25, 0.3) is 5.91 Å². The summed E-state index contributed by atoms with van der Waals surface area (Å²) in [5, 5.41) is 3.62. The van der Waals surface area contributed by atoms with Crippen LogP contribution < -0.4 is 15.1 Å². The maximum Gasteiger partial charge on any atom is 0.416 e. The first kappa shape index (κ1) is 25.9. The average Bonchev–Trinajstić information content (AvgIpc) is 3.30. The number of nitrogens with zero attached hydrogens (tertiary/aromatic N) is 4. The van der Waals surface area contributed by atoms with Gasteiger partial charge in [-0.1, -0.05) is 30.7 Å². The summed E-state index contributed by atoms with van der Waals surface area (Å²) in [6.07, 6.45) is -2.80. The van der Waals surface area contributed by atoms with Crippen LogP contribution in [0.3, 0.4) is 0 Å². The van der Waals surface area contributed by atoms with Crippen molar-refractivity contribution in [1.82, 2.24) is 14.7 Å². The Bertz CT molecular complexity index is 1430. The minimum Gasteiger partial charge on any atom is -0.368 e. The van der Waals surface area contributed by atoms with Gasteiger partial charge in [0.15, 0.2) is 0 Å². The van der Waals surface area contributed by atoms with Crippen molar-refractivity contribution in [3.8, 4) is 0 Å². The van der Waals surface area contributed by atoms with E-state index < -0.39 is 11.7 Å². The predicted molar refractivity (Wildman–Crippen MR) is 143 cm³/mol. The molecule has 3 heterocycles. The van der Waals surface area contributed by atoms with Crippen molar-refractivity contribution in [1.29, 1.82) is 0 Å². The van der Waals surface area contributed by atoms with E-state index in [9.17, 15) is 18.0 Å². The van der Waals surface area contributed by atoms with E-state index in [1.54, 1.807) is 0 Å². The summed E-state index contributed by atoms with van der Waals surface area (Å²) in [7, 11) is 0. The van der Waals surface area contributed by atoms with Crippen LogP contribution in [0.5, 0.6) is 0 Å². The molecule has 1 aliphatic rings. The minimum atomic E-state index is -4.47. The Labute approximate surface area is 223 Å². The highest BCUT2D eigenvalue weighted by Gasteiger charge is 2.31. The van der Waals surface area contributed by atoms with Crippen LogP contribution in [0.1, 0.15) is 34.2 Å². The Morgan fingerprint density at radius 3 is 2.08 bits per heavy atom. The molecule has 38 heavy (non-hydrogen) atoms. The second-order valence-electron chi connectivity index (χ2n) is 9.20. The molecule has 1 saturated heterocycles. The molecule has 0 unspecified atom stereocenters. The number of imidazole rings is 1. The van der Waals surface area contributed by atoms with Gasteiger partial charge in [-0.25, -0.2) is 4.98 Å². The van der Waals surface area contributed by atoms with E-state index in [0.717, 1.165) is 60.3 Å². The number of hydrogen-bond donors (Lipinski definition) is 1. The Hall–Kier alpha value is -3.72. The van der Waals surface area contributed by atoms with Crippen LogP contribution in [0, 0.1) is 0 Å². The summed E-state index contributed by atoms with van der Waals surface area (Å²) >= 11 is 6.00. The highest BCUT2D eigenvalue weighted by molar-refractivity contribution is 6.30. The summed E-state index contributed by atoms with van der Waals surface area (Å²) in [5.41, 5.74) is 3.22. The molecule has 0 bridgehead atoms. The molecule has 5 rings (SSSR count). The maximum absolute atomic E-state index is 13.1. The number of halogens is 4. The zero-order valence-electron chi connectivity index (χ0n) is 20.8. The smallest absolute Gasteiger partial charge is 0.368 e. The van der Waals surface area contributed by atoms with E-state index >= 15 is 0 Å². The predicted octanol–water partition coefficient (Wildman–Crippen LogP) is 5.83. The van der Waals surface area contributed by atoms with E-state index in [4.69, 9.17) is 11.6 Å². The molecule has 1 fully saturated rings. The molecule has 10 heteroatoms. The summed E-state index contributed by atoms with van der Waals surface area (Å²) in [6.45, 7) is 5.70. The number of rotatable bonds is 6. The van der Waals surface area contributed by atoms with Gasteiger partial charge in [-0.3, -0.25) is 9.20 Å². The number of benzene rings is 2. The molecule has 0 saturated carbocycles. The molecule has 0 aliphatic carbocycles. The summed E-state index contributed by atoms with van der Waals surface area (Å²) in [4.78, 5) is 21.9. The van der Waals surface area contributed by atoms with Crippen LogP contribution in [-0.2, 0) is 19.1 Å². The van der Waals surface area contributed by atoms with Gasteiger partial charge in [0, 0.05) is 55.3 Å². The second-order valence-corrected chi connectivity index (χ2v) is 9.64. The average molecular weight is 542 g/mol. The molecule has 1 amide bonds. The third kappa shape index (κ3) is 5.43. The largest absolute Gasteiger partial charge is 0.416 e. The van der Waals surface area contributed by atoms with Crippen molar-refractivity contribution in [2.75, 3.05) is 36.0 Å². The topological polar surface area (TPSA) is 52.9 Å². The molecule has 0 atom stereocenters. The number of nitrogens with one attached hydrogen (secondary N) is 1. The van der Waals surface area contributed by atoms with Crippen molar-refractivity contribution < 1.29 is 18.0 Å². The van der Waals surface area contributed by atoms with Crippen LogP contribution in [0.15, 0.2) is 66.9 Å². The van der Waals surface area contributed by atoms with Crippen LogP contribution in [0.4, 0.5) is 24.5 Å². The lowest BCUT2D eigenvalue weighted by Crippen LogP contribution is -2.46. The van der Waals surface area contributed by atoms with Gasteiger partial charge in [-0.2, -0.15) is 13.2 Å². The fourth-order valence-corrected chi connectivity index (χ4v) is 4.85. The molecule has 1 aliphatic heterocycles. The highest BCUT2D eigenvalue weighted by atomic mass is 35.5. The van der Waals surface area contributed by atoms with Gasteiger partial charge in [0.1, 0.15) is 11.3 Å². The lowest BCUT2D eigenvalue weighted by molar-refractivity contribution is -0.137. The number of aromatic nitrogens is 2. The first-order chi connectivity index (χ1) is 18.2. The van der Waals surface area contributed by atoms with Crippen molar-refractivity contribution in [2.24, 2.45) is 0 Å². The summed E-state index contributed by atoms with van der Waals surface area (Å²) in [6, 6.07) is 17.9. The summed E-state index contributed by atoms with van der Waals surface area (Å²) < 4.78 is 40.7. The quantitative estimate of drug-likeness (QED) is 0.334. The number of hydrogen-bond acceptors (Lipinski definition) is 4. The Kier molecular flexibility index (Phi) is 7.21. The fourth-order valence-electron chi connectivity index (χ4n) is 4.72. The number of carbonyl (C=O) groups excluding carboxylic acids is 1. The molecule has 2 aromatic heterocycles. The highest BCUT2D eigenvalue weighted by Crippen LogP contribution is 2.30. The molecule has 4 aromatic rings. The first-order valence-corrected chi connectivity index (χ1v) is 12.8. The van der Waals surface area contributed by atoms with E-state index in [1.165, 1.54) is 10.6 Å². The summed E-state index contributed by atoms with van der Waals surface area (Å²) in [5.74, 6) is -0.378. The SMILES string of the molecule is CCc1nc2cc(C(F)(F)F)ccn2c1C(=O)NCc1ccc(N2CCN(c3ccc(Cl)cc3)CC2)cc1. The first-order valence-electron chi connectivity index (χ1n) is 12.4. The van der Waals surface area contributed by atoms with Crippen molar-refractivity contribution in [2.45, 2.75) is 26.1 Å². The van der Waals surface area contributed by atoms with Crippen molar-refractivity contribution >= 4 is 34.5 Å². The van der Waals surface area contributed by atoms with Crippen LogP contribution in [0.25, 0.3) is 5.65 Å². The molecule has 1 N–H and O–H groups in total. The molecular weight excluding hydrogens is 515 g/mol. The Balaban J connectivity index is 1.21. The molecular formula is C28H27ClF3N5O. The molecule has 6 nitrogen and oxygen atoms in total. The lowest BCUT2D eigenvalue weighted by atomic mass is 10.1. The van der Waals surface area contributed by atoms with Gasteiger partial charge in [0.2, 0.25) is 0 Å². The zero-order valence-corrected chi connectivity index (χ0v) is 21.6. The molecule has 0 spiro atoms. The van der Waals surface area contributed by atoms with E-state index in [-0.39, 0.29) is 17.2 Å². The minimum absolute atomic E-state index is 0.0994. The van der Waals surface area contributed by atoms with Gasteiger partial charge < -0.3 is 15.1 Å². The van der Waals surface area contributed by atoms with Gasteiger partial charge >= 0.3 is 6.18 Å². The maximum atomic E-state index is 13.1. The van der Waals surface area contributed by atoms with E-state index in [2.05, 4.69) is 20.1 Å². The number of carbonyl (C=O) groups is 1. The Morgan fingerprint density at radius 2 is 1.53 bits per heavy atom. The van der Waals surface area contributed by atoms with Gasteiger partial charge in [-0.15, -0.1) is 0 Å². The van der Waals surface area contributed by atoms with E-state index in [1.807, 2.05) is 55.5 Å². The molecule has 2 aromatic carbocycles. The number of amides is 1. The molecule has 198 valence electrons. The van der Waals surface area contributed by atoms with Crippen molar-refractivity contribution in [3.63, 3.8) is 0 Å². The standard InChI is InChI=1S/C28H27ClF3N5O/c1-2-24-26(37-12-11-20(28(30,31)32)17-25(37)34-24)27(38)33-18-19-3-7-22(8-4-19)35-13-15-36(16-14-35)23-9-5-21(29)6-10-23/h3-12,17H,2,13-16,18H2,1H3,(H,33,38). The van der Waals surface area contributed by atoms with Crippen LogP contribution >= 0.6 is 11.6 Å². The lowest BCUT2D eigenvalue weighted by Gasteiger charge is -2.37. The normalized spacial score (nSPS) is 14.2. The molecule has 0 radical (unpaired) electrons. The second kappa shape index (κ2) is 10.6. The number of fused-ring (bicyclic) bond motifs is 1. The fraction of sp³-hybridized carbons (Fsp3) is 0.286. The van der Waals surface area contributed by atoms with Crippen LogP contribution in [0.2, 0.25) is 5.02 Å². The van der Waals surface area contributed by atoms with E-state index in [0.29, 0.717) is 18.7 Å². The number of aryl methyl sites for hydroxylation is 1. The zero-order chi connectivity index (χ0) is 26.9. The number of pyridine rings is 1. The number of alkyl halides is 3. The third-order valence-corrected chi connectivity index (χ3v) is 7.05. The van der Waals surface area contributed by atoms with Gasteiger partial charge in [0.05, 0.1) is 11.3 Å². The third-order valence-electron chi connectivity index (χ3n) is 6.80. The number of anilines is 2.